The molecule has 0 heterocycles. The van der Waals surface area contributed by atoms with Gasteiger partial charge in [0.1, 0.15) is 0 Å². The van der Waals surface area contributed by atoms with Crippen molar-refractivity contribution in [2.45, 2.75) is 31.7 Å². The van der Waals surface area contributed by atoms with Crippen molar-refractivity contribution in [2.75, 3.05) is 0 Å². The quantitative estimate of drug-likeness (QED) is 0.115. The summed E-state index contributed by atoms with van der Waals surface area (Å²) in [5.74, 6) is 0.587. The van der Waals surface area contributed by atoms with E-state index >= 15 is 0 Å². The minimum Gasteiger partial charge on any atom is -0.272 e. The molecular formula is C47H41N. The van der Waals surface area contributed by atoms with Crippen molar-refractivity contribution >= 4 is 27.6 Å². The smallest absolute Gasteiger partial charge is 0.0941 e. The van der Waals surface area contributed by atoms with Gasteiger partial charge in [0.2, 0.25) is 0 Å². The fraction of sp³-hybridized carbons (Fsp3) is 0.128. The Hall–Kier alpha value is -5.53. The molecule has 3 atom stereocenters. The predicted molar refractivity (Wildman–Crippen MR) is 206 cm³/mol. The molecule has 234 valence electrons. The molecule has 0 bridgehead atoms. The van der Waals surface area contributed by atoms with E-state index in [1.165, 1.54) is 49.7 Å². The summed E-state index contributed by atoms with van der Waals surface area (Å²) in [5.41, 5.74) is 11.1. The number of rotatable bonds is 9. The Morgan fingerprint density at radius 3 is 2.06 bits per heavy atom. The van der Waals surface area contributed by atoms with E-state index < -0.39 is 0 Å². The third-order valence-electron chi connectivity index (χ3n) is 9.65. The Bertz CT molecular complexity index is 2090. The van der Waals surface area contributed by atoms with Gasteiger partial charge in [0, 0.05) is 11.8 Å². The van der Waals surface area contributed by atoms with Crippen molar-refractivity contribution in [3.8, 4) is 0 Å². The maximum atomic E-state index is 5.44. The summed E-state index contributed by atoms with van der Waals surface area (Å²) < 4.78 is 0. The summed E-state index contributed by atoms with van der Waals surface area (Å²) in [6.45, 7) is 6.52. The number of allylic oxidation sites excluding steroid dienone is 10. The average Bonchev–Trinajstić information content (AvgIpc) is 3.17. The van der Waals surface area contributed by atoms with Crippen LogP contribution in [0.2, 0.25) is 0 Å². The van der Waals surface area contributed by atoms with Crippen LogP contribution in [0.4, 0.5) is 0 Å². The lowest BCUT2D eigenvalue weighted by Gasteiger charge is -2.28. The van der Waals surface area contributed by atoms with Gasteiger partial charge in [-0.1, -0.05) is 175 Å². The van der Waals surface area contributed by atoms with Gasteiger partial charge in [0.05, 0.1) is 11.8 Å². The van der Waals surface area contributed by atoms with Crippen LogP contribution in [-0.4, -0.2) is 5.71 Å². The zero-order valence-electron chi connectivity index (χ0n) is 27.5. The number of hydrogen-bond donors (Lipinski definition) is 0. The van der Waals surface area contributed by atoms with E-state index in [1.807, 2.05) is 6.08 Å². The summed E-state index contributed by atoms with van der Waals surface area (Å²) >= 11 is 0. The molecule has 7 rings (SSSR count). The van der Waals surface area contributed by atoms with Crippen LogP contribution < -0.4 is 0 Å². The second kappa shape index (κ2) is 14.5. The Labute approximate surface area is 285 Å². The molecule has 0 radical (unpaired) electrons. The molecule has 48 heavy (non-hydrogen) atoms. The van der Waals surface area contributed by atoms with E-state index in [0.29, 0.717) is 5.92 Å². The fourth-order valence-electron chi connectivity index (χ4n) is 7.20. The summed E-state index contributed by atoms with van der Waals surface area (Å²) in [4.78, 5) is 5.44. The van der Waals surface area contributed by atoms with Crippen molar-refractivity contribution < 1.29 is 0 Å². The number of fused-ring (bicyclic) bond motifs is 1. The van der Waals surface area contributed by atoms with E-state index in [1.54, 1.807) is 0 Å². The Morgan fingerprint density at radius 1 is 0.708 bits per heavy atom. The minimum absolute atomic E-state index is 0.208. The lowest BCUT2D eigenvalue weighted by atomic mass is 9.75. The fourth-order valence-corrected chi connectivity index (χ4v) is 7.20. The van der Waals surface area contributed by atoms with Crippen LogP contribution in [0.15, 0.2) is 193 Å². The van der Waals surface area contributed by atoms with Crippen molar-refractivity contribution in [1.29, 1.82) is 0 Å². The molecule has 1 heteroatoms. The molecule has 0 amide bonds. The zero-order valence-corrected chi connectivity index (χ0v) is 27.5. The van der Waals surface area contributed by atoms with Crippen molar-refractivity contribution in [1.82, 2.24) is 0 Å². The van der Waals surface area contributed by atoms with Gasteiger partial charge in [-0.05, 0) is 75.6 Å². The van der Waals surface area contributed by atoms with E-state index in [-0.39, 0.29) is 12.0 Å². The molecule has 0 saturated carbocycles. The molecule has 0 aromatic heterocycles. The van der Waals surface area contributed by atoms with Gasteiger partial charge in [-0.15, -0.1) is 6.58 Å². The highest BCUT2D eigenvalue weighted by molar-refractivity contribution is 6.09. The van der Waals surface area contributed by atoms with Crippen LogP contribution in [0, 0.1) is 5.92 Å². The number of hydrogen-bond acceptors (Lipinski definition) is 1. The first-order valence-corrected chi connectivity index (χ1v) is 17.0. The molecule has 0 N–H and O–H groups in total. The highest BCUT2D eigenvalue weighted by atomic mass is 14.8. The topological polar surface area (TPSA) is 12.4 Å². The highest BCUT2D eigenvalue weighted by Gasteiger charge is 2.26. The van der Waals surface area contributed by atoms with Gasteiger partial charge in [-0.3, -0.25) is 4.99 Å². The third-order valence-corrected chi connectivity index (χ3v) is 9.65. The maximum Gasteiger partial charge on any atom is 0.0941 e. The summed E-state index contributed by atoms with van der Waals surface area (Å²) in [6.07, 6.45) is 19.7. The molecule has 2 aliphatic carbocycles. The number of aliphatic imine (C=N–C) groups is 1. The summed E-state index contributed by atoms with van der Waals surface area (Å²) in [7, 11) is 0. The van der Waals surface area contributed by atoms with Gasteiger partial charge < -0.3 is 0 Å². The van der Waals surface area contributed by atoms with Crippen molar-refractivity contribution in [2.24, 2.45) is 10.9 Å². The Kier molecular flexibility index (Phi) is 9.38. The second-order valence-electron chi connectivity index (χ2n) is 12.6. The van der Waals surface area contributed by atoms with Gasteiger partial charge in [-0.25, -0.2) is 0 Å². The summed E-state index contributed by atoms with van der Waals surface area (Å²) in [5, 5.41) is 2.49. The maximum absolute atomic E-state index is 5.44. The average molecular weight is 620 g/mol. The molecule has 0 spiro atoms. The third kappa shape index (κ3) is 6.50. The van der Waals surface area contributed by atoms with E-state index in [4.69, 9.17) is 4.99 Å². The second-order valence-corrected chi connectivity index (χ2v) is 12.6. The summed E-state index contributed by atoms with van der Waals surface area (Å²) in [6, 6.07) is 45.5. The molecule has 0 saturated heterocycles. The molecule has 1 nitrogen and oxygen atoms in total. The standard InChI is InChI=1S/C47H41N/c1-3-45(48-46(37-23-12-6-13-24-37)33-34(2)35-19-8-4-9-20-35)43-32-31-42(40-27-16-17-28-41(40)43)44-30-18-29-39(36-21-10-5-11-22-36)47(44)38-25-14-7-15-26-38/h3-19,21-29,31-33,35,44-45H,1,20,30H2,2H3/b34-33+,48-46?/t35?,44?,45-/m0/s1. The molecule has 0 aliphatic heterocycles. The SMILES string of the molecule is C=C[C@H](N=C(/C=C(\C)C1C=CC=CC1)c1ccccc1)c1ccc(C2CC=CC(c3ccccc3)=C2c2ccccc2)c2ccccc12. The zero-order chi connectivity index (χ0) is 32.7. The van der Waals surface area contributed by atoms with Crippen molar-refractivity contribution in [3.63, 3.8) is 0 Å². The first kappa shape index (κ1) is 31.1. The van der Waals surface area contributed by atoms with Crippen LogP contribution >= 0.6 is 0 Å². The van der Waals surface area contributed by atoms with Gasteiger partial charge in [0.15, 0.2) is 0 Å². The number of benzene rings is 5. The van der Waals surface area contributed by atoms with Gasteiger partial charge in [-0.2, -0.15) is 0 Å². The molecule has 5 aromatic rings. The molecule has 2 aliphatic rings. The molecule has 2 unspecified atom stereocenters. The normalized spacial score (nSPS) is 18.7. The number of nitrogens with zero attached hydrogens (tertiary/aromatic N) is 1. The lowest BCUT2D eigenvalue weighted by molar-refractivity contribution is 0.767. The largest absolute Gasteiger partial charge is 0.272 e. The van der Waals surface area contributed by atoms with Crippen molar-refractivity contribution in [3.05, 3.63) is 216 Å². The highest BCUT2D eigenvalue weighted by Crippen LogP contribution is 2.46. The Balaban J connectivity index is 1.35. The van der Waals surface area contributed by atoms with Gasteiger partial charge >= 0.3 is 0 Å². The van der Waals surface area contributed by atoms with Crippen LogP contribution in [-0.2, 0) is 0 Å². The van der Waals surface area contributed by atoms with Crippen LogP contribution in [0.3, 0.4) is 0 Å². The van der Waals surface area contributed by atoms with E-state index in [2.05, 4.69) is 183 Å². The molecular weight excluding hydrogens is 579 g/mol. The minimum atomic E-state index is -0.208. The van der Waals surface area contributed by atoms with Crippen LogP contribution in [0.1, 0.15) is 59.5 Å². The monoisotopic (exact) mass is 619 g/mol. The molecule has 5 aromatic carbocycles. The first-order valence-electron chi connectivity index (χ1n) is 17.0. The van der Waals surface area contributed by atoms with Crippen LogP contribution in [0.5, 0.6) is 0 Å². The Morgan fingerprint density at radius 2 is 1.38 bits per heavy atom. The lowest BCUT2D eigenvalue weighted by Crippen LogP contribution is -2.09. The molecule has 0 fully saturated rings. The first-order chi connectivity index (χ1) is 23.7. The van der Waals surface area contributed by atoms with E-state index in [9.17, 15) is 0 Å². The van der Waals surface area contributed by atoms with Gasteiger partial charge in [0.25, 0.3) is 0 Å². The predicted octanol–water partition coefficient (Wildman–Crippen LogP) is 12.3. The van der Waals surface area contributed by atoms with E-state index in [0.717, 1.165) is 24.1 Å². The van der Waals surface area contributed by atoms with Crippen LogP contribution in [0.25, 0.3) is 21.9 Å².